The number of rotatable bonds is 2. The van der Waals surface area contributed by atoms with Crippen LogP contribution in [0.1, 0.15) is 25.3 Å². The molecule has 0 aliphatic heterocycles. The zero-order valence-electron chi connectivity index (χ0n) is 10.4. The van der Waals surface area contributed by atoms with E-state index in [0.717, 1.165) is 19.4 Å². The molecule has 1 heterocycles. The Kier molecular flexibility index (Phi) is 2.87. The maximum atomic E-state index is 12.8. The number of hydrogen-bond donors (Lipinski definition) is 0. The van der Waals surface area contributed by atoms with Crippen LogP contribution in [0.4, 0.5) is 13.2 Å². The molecular weight excluding hydrogens is 243 g/mol. The van der Waals surface area contributed by atoms with E-state index in [-0.39, 0.29) is 12.3 Å². The second-order valence-corrected chi connectivity index (χ2v) is 5.14. The van der Waals surface area contributed by atoms with Crippen molar-refractivity contribution in [3.05, 3.63) is 29.7 Å². The van der Waals surface area contributed by atoms with Crippen molar-refractivity contribution >= 4 is 11.1 Å². The largest absolute Gasteiger partial charge is 0.441 e. The van der Waals surface area contributed by atoms with Crippen LogP contribution in [0.15, 0.2) is 22.6 Å². The van der Waals surface area contributed by atoms with Gasteiger partial charge in [-0.3, -0.25) is 0 Å². The van der Waals surface area contributed by atoms with E-state index in [1.54, 1.807) is 12.1 Å². The zero-order valence-corrected chi connectivity index (χ0v) is 10.4. The van der Waals surface area contributed by atoms with Gasteiger partial charge in [-0.2, -0.15) is 13.2 Å². The molecule has 0 aliphatic carbocycles. The maximum Gasteiger partial charge on any atom is 0.394 e. The third kappa shape index (κ3) is 2.35. The predicted octanol–water partition coefficient (Wildman–Crippen LogP) is 4.27. The Morgan fingerprint density at radius 3 is 2.50 bits per heavy atom. The van der Waals surface area contributed by atoms with Crippen molar-refractivity contribution in [1.82, 2.24) is 4.98 Å². The predicted molar refractivity (Wildman–Crippen MR) is 62.3 cm³/mol. The van der Waals surface area contributed by atoms with Crippen LogP contribution in [0.3, 0.4) is 0 Å². The minimum absolute atomic E-state index is 0.123. The molecule has 1 aromatic carbocycles. The van der Waals surface area contributed by atoms with Crippen LogP contribution >= 0.6 is 0 Å². The molecule has 0 saturated heterocycles. The summed E-state index contributed by atoms with van der Waals surface area (Å²) in [7, 11) is 0. The summed E-state index contributed by atoms with van der Waals surface area (Å²) in [6, 6.07) is 5.37. The molecule has 0 aliphatic rings. The molecule has 2 rings (SSSR count). The van der Waals surface area contributed by atoms with Gasteiger partial charge >= 0.3 is 6.18 Å². The van der Waals surface area contributed by atoms with Gasteiger partial charge in [0, 0.05) is 6.42 Å². The number of nitrogens with zero attached hydrogens (tertiary/aromatic N) is 1. The van der Waals surface area contributed by atoms with Crippen molar-refractivity contribution < 1.29 is 17.6 Å². The number of aromatic nitrogens is 1. The van der Waals surface area contributed by atoms with Crippen molar-refractivity contribution in [2.24, 2.45) is 5.41 Å². The summed E-state index contributed by atoms with van der Waals surface area (Å²) in [5.74, 6) is 0.123. The standard InChI is InChI=1S/C13H14F3NO/c1-8-4-5-9-10(6-8)18-11(17-9)7-12(2,3)13(14,15)16/h4-6H,7H2,1-3H3. The monoisotopic (exact) mass is 257 g/mol. The Morgan fingerprint density at radius 2 is 1.89 bits per heavy atom. The number of oxazole rings is 1. The first-order chi connectivity index (χ1) is 8.19. The van der Waals surface area contributed by atoms with Crippen molar-refractivity contribution in [3.8, 4) is 0 Å². The van der Waals surface area contributed by atoms with Gasteiger partial charge in [0.15, 0.2) is 11.5 Å². The molecule has 98 valence electrons. The molecule has 0 unspecified atom stereocenters. The van der Waals surface area contributed by atoms with Crippen molar-refractivity contribution in [2.75, 3.05) is 0 Å². The summed E-state index contributed by atoms with van der Waals surface area (Å²) in [5, 5.41) is 0. The second-order valence-electron chi connectivity index (χ2n) is 5.14. The molecular formula is C13H14F3NO. The van der Waals surface area contributed by atoms with Gasteiger partial charge in [-0.25, -0.2) is 4.98 Å². The smallest absolute Gasteiger partial charge is 0.394 e. The lowest BCUT2D eigenvalue weighted by Crippen LogP contribution is -2.34. The van der Waals surface area contributed by atoms with Crippen LogP contribution in [0.25, 0.3) is 11.1 Å². The highest BCUT2D eigenvalue weighted by atomic mass is 19.4. The first kappa shape index (κ1) is 12.9. The highest BCUT2D eigenvalue weighted by molar-refractivity contribution is 5.73. The van der Waals surface area contributed by atoms with Crippen LogP contribution in [-0.2, 0) is 6.42 Å². The van der Waals surface area contributed by atoms with Gasteiger partial charge in [-0.15, -0.1) is 0 Å². The second kappa shape index (κ2) is 4.00. The van der Waals surface area contributed by atoms with E-state index in [4.69, 9.17) is 4.42 Å². The average molecular weight is 257 g/mol. The topological polar surface area (TPSA) is 26.0 Å². The van der Waals surface area contributed by atoms with Crippen molar-refractivity contribution in [1.29, 1.82) is 0 Å². The van der Waals surface area contributed by atoms with Crippen LogP contribution in [0, 0.1) is 12.3 Å². The van der Waals surface area contributed by atoms with Crippen molar-refractivity contribution in [2.45, 2.75) is 33.4 Å². The summed E-state index contributed by atoms with van der Waals surface area (Å²) in [5.41, 5.74) is 0.264. The number of hydrogen-bond acceptors (Lipinski definition) is 2. The van der Waals surface area contributed by atoms with E-state index >= 15 is 0 Å². The number of fused-ring (bicyclic) bond motifs is 1. The molecule has 0 amide bonds. The molecule has 0 bridgehead atoms. The molecule has 1 aromatic heterocycles. The fourth-order valence-electron chi connectivity index (χ4n) is 1.63. The summed E-state index contributed by atoms with van der Waals surface area (Å²) >= 11 is 0. The fraction of sp³-hybridized carbons (Fsp3) is 0.462. The van der Waals surface area contributed by atoms with Gasteiger partial charge < -0.3 is 4.42 Å². The Labute approximate surface area is 103 Å². The van der Waals surface area contributed by atoms with Gasteiger partial charge in [0.05, 0.1) is 5.41 Å². The Bertz CT molecular complexity index is 569. The van der Waals surface area contributed by atoms with E-state index in [1.807, 2.05) is 13.0 Å². The molecule has 18 heavy (non-hydrogen) atoms. The molecule has 0 N–H and O–H groups in total. The van der Waals surface area contributed by atoms with E-state index in [9.17, 15) is 13.2 Å². The minimum atomic E-state index is -4.27. The zero-order chi connectivity index (χ0) is 13.6. The first-order valence-electron chi connectivity index (χ1n) is 5.62. The maximum absolute atomic E-state index is 12.8. The number of benzene rings is 1. The van der Waals surface area contributed by atoms with Crippen LogP contribution < -0.4 is 0 Å². The molecule has 5 heteroatoms. The lowest BCUT2D eigenvalue weighted by Gasteiger charge is -2.25. The highest BCUT2D eigenvalue weighted by Gasteiger charge is 2.48. The normalized spacial score (nSPS) is 13.2. The molecule has 2 nitrogen and oxygen atoms in total. The van der Waals surface area contributed by atoms with E-state index < -0.39 is 11.6 Å². The van der Waals surface area contributed by atoms with Gasteiger partial charge in [-0.1, -0.05) is 19.9 Å². The molecule has 0 fully saturated rings. The fourth-order valence-corrected chi connectivity index (χ4v) is 1.63. The summed E-state index contributed by atoms with van der Waals surface area (Å²) in [4.78, 5) is 4.09. The minimum Gasteiger partial charge on any atom is -0.441 e. The SMILES string of the molecule is Cc1ccc2nc(CC(C)(C)C(F)(F)F)oc2c1. The number of alkyl halides is 3. The Hall–Kier alpha value is -1.52. The lowest BCUT2D eigenvalue weighted by atomic mass is 9.88. The summed E-state index contributed by atoms with van der Waals surface area (Å²) < 4.78 is 43.7. The van der Waals surface area contributed by atoms with E-state index in [2.05, 4.69) is 4.98 Å². The third-order valence-electron chi connectivity index (χ3n) is 2.95. The Morgan fingerprint density at radius 1 is 1.22 bits per heavy atom. The van der Waals surface area contributed by atoms with E-state index in [0.29, 0.717) is 11.1 Å². The van der Waals surface area contributed by atoms with Crippen LogP contribution in [0.2, 0.25) is 0 Å². The van der Waals surface area contributed by atoms with Gasteiger partial charge in [0.25, 0.3) is 0 Å². The molecule has 0 atom stereocenters. The van der Waals surface area contributed by atoms with Crippen LogP contribution in [-0.4, -0.2) is 11.2 Å². The van der Waals surface area contributed by atoms with Crippen molar-refractivity contribution in [3.63, 3.8) is 0 Å². The Balaban J connectivity index is 2.33. The summed E-state index contributed by atoms with van der Waals surface area (Å²) in [6.07, 6.45) is -4.53. The van der Waals surface area contributed by atoms with Gasteiger partial charge in [-0.05, 0) is 24.6 Å². The van der Waals surface area contributed by atoms with Crippen LogP contribution in [0.5, 0.6) is 0 Å². The lowest BCUT2D eigenvalue weighted by molar-refractivity contribution is -0.212. The molecule has 2 aromatic rings. The number of aryl methyl sites for hydroxylation is 1. The van der Waals surface area contributed by atoms with Gasteiger partial charge in [0.1, 0.15) is 5.52 Å². The van der Waals surface area contributed by atoms with Gasteiger partial charge in [0.2, 0.25) is 0 Å². The van der Waals surface area contributed by atoms with E-state index in [1.165, 1.54) is 0 Å². The third-order valence-corrected chi connectivity index (χ3v) is 2.95. The summed E-state index contributed by atoms with van der Waals surface area (Å²) in [6.45, 7) is 4.18. The molecule has 0 radical (unpaired) electrons. The number of halogens is 3. The quantitative estimate of drug-likeness (QED) is 0.803. The highest BCUT2D eigenvalue weighted by Crippen LogP contribution is 2.40. The average Bonchev–Trinajstić information content (AvgIpc) is 2.56. The first-order valence-corrected chi connectivity index (χ1v) is 5.62. The molecule has 0 saturated carbocycles. The molecule has 0 spiro atoms.